The molecule has 0 spiro atoms. The highest BCUT2D eigenvalue weighted by Gasteiger charge is 2.05. The molecule has 0 bridgehead atoms. The fourth-order valence-corrected chi connectivity index (χ4v) is 1.08. The Labute approximate surface area is 86.4 Å². The Balaban J connectivity index is 3.50. The summed E-state index contributed by atoms with van der Waals surface area (Å²) in [5.41, 5.74) is 0. The van der Waals surface area contributed by atoms with E-state index in [1.807, 2.05) is 11.9 Å². The highest BCUT2D eigenvalue weighted by molar-refractivity contribution is 7.80. The number of ether oxygens (including phenoxy) is 1. The summed E-state index contributed by atoms with van der Waals surface area (Å²) in [6.07, 6.45) is 0.989. The lowest BCUT2D eigenvalue weighted by atomic mass is 10.4. The lowest BCUT2D eigenvalue weighted by Gasteiger charge is -2.24. The first-order chi connectivity index (χ1) is 6.09. The molecule has 0 atom stereocenters. The van der Waals surface area contributed by atoms with Gasteiger partial charge in [-0.3, -0.25) is 0 Å². The molecule has 0 aromatic rings. The smallest absolute Gasteiger partial charge is 0.168 e. The second kappa shape index (κ2) is 7.09. The molecule has 1 N–H and O–H groups in total. The fourth-order valence-electron chi connectivity index (χ4n) is 0.771. The van der Waals surface area contributed by atoms with Crippen LogP contribution in [0.1, 0.15) is 20.3 Å². The third-order valence-electron chi connectivity index (χ3n) is 1.90. The zero-order valence-electron chi connectivity index (χ0n) is 8.96. The van der Waals surface area contributed by atoms with E-state index in [-0.39, 0.29) is 0 Å². The molecule has 0 aliphatic carbocycles. The zero-order valence-corrected chi connectivity index (χ0v) is 9.78. The monoisotopic (exact) mass is 204 g/mol. The first-order valence-corrected chi connectivity index (χ1v) is 5.00. The molecular formula is C9H20N2OS. The minimum atomic E-state index is 0.447. The lowest BCUT2D eigenvalue weighted by molar-refractivity contribution is 0.195. The maximum absolute atomic E-state index is 5.18. The van der Waals surface area contributed by atoms with Crippen LogP contribution in [0.15, 0.2) is 0 Å². The van der Waals surface area contributed by atoms with Gasteiger partial charge in [-0.1, -0.05) is 0 Å². The Bertz CT molecular complexity index is 151. The molecule has 0 radical (unpaired) electrons. The van der Waals surface area contributed by atoms with Crippen molar-refractivity contribution in [2.45, 2.75) is 26.3 Å². The van der Waals surface area contributed by atoms with Gasteiger partial charge in [0.2, 0.25) is 0 Å². The third-order valence-corrected chi connectivity index (χ3v) is 2.33. The predicted molar refractivity (Wildman–Crippen MR) is 60.0 cm³/mol. The minimum Gasteiger partial charge on any atom is -0.385 e. The third kappa shape index (κ3) is 5.82. The molecule has 0 fully saturated rings. The SMILES string of the molecule is COCCCNC(=S)N(C)C(C)C. The van der Waals surface area contributed by atoms with Crippen molar-refractivity contribution >= 4 is 17.3 Å². The standard InChI is InChI=1S/C9H20N2OS/c1-8(2)11(3)9(13)10-6-5-7-12-4/h8H,5-7H2,1-4H3,(H,10,13). The van der Waals surface area contributed by atoms with Crippen LogP contribution in [0.25, 0.3) is 0 Å². The maximum atomic E-state index is 5.18. The van der Waals surface area contributed by atoms with E-state index in [1.165, 1.54) is 0 Å². The van der Waals surface area contributed by atoms with E-state index in [9.17, 15) is 0 Å². The molecule has 0 heterocycles. The molecular weight excluding hydrogens is 184 g/mol. The maximum Gasteiger partial charge on any atom is 0.168 e. The van der Waals surface area contributed by atoms with Gasteiger partial charge in [-0.15, -0.1) is 0 Å². The Morgan fingerprint density at radius 1 is 1.54 bits per heavy atom. The average Bonchev–Trinajstić information content (AvgIpc) is 2.10. The molecule has 0 aliphatic heterocycles. The molecule has 0 saturated heterocycles. The molecule has 0 unspecified atom stereocenters. The Hall–Kier alpha value is -0.350. The molecule has 0 aromatic carbocycles. The van der Waals surface area contributed by atoms with Crippen LogP contribution in [0.2, 0.25) is 0 Å². The van der Waals surface area contributed by atoms with Crippen molar-refractivity contribution in [3.05, 3.63) is 0 Å². The average molecular weight is 204 g/mol. The number of thiocarbonyl (C=S) groups is 1. The van der Waals surface area contributed by atoms with Crippen molar-refractivity contribution in [2.24, 2.45) is 0 Å². The predicted octanol–water partition coefficient (Wildman–Crippen LogP) is 1.24. The van der Waals surface area contributed by atoms with Crippen LogP contribution in [-0.4, -0.2) is 43.4 Å². The van der Waals surface area contributed by atoms with Crippen molar-refractivity contribution in [1.29, 1.82) is 0 Å². The van der Waals surface area contributed by atoms with Crippen LogP contribution in [0, 0.1) is 0 Å². The van der Waals surface area contributed by atoms with Crippen LogP contribution in [0.5, 0.6) is 0 Å². The molecule has 3 nitrogen and oxygen atoms in total. The van der Waals surface area contributed by atoms with Crippen LogP contribution in [0.3, 0.4) is 0 Å². The Kier molecular flexibility index (Phi) is 6.90. The molecule has 0 rings (SSSR count). The van der Waals surface area contributed by atoms with E-state index < -0.39 is 0 Å². The highest BCUT2D eigenvalue weighted by atomic mass is 32.1. The summed E-state index contributed by atoms with van der Waals surface area (Å²) in [6.45, 7) is 5.89. The van der Waals surface area contributed by atoms with Crippen LogP contribution in [-0.2, 0) is 4.74 Å². The zero-order chi connectivity index (χ0) is 10.3. The van der Waals surface area contributed by atoms with Crippen LogP contribution in [0.4, 0.5) is 0 Å². The van der Waals surface area contributed by atoms with Crippen molar-refractivity contribution in [3.63, 3.8) is 0 Å². The van der Waals surface area contributed by atoms with E-state index in [1.54, 1.807) is 7.11 Å². The second-order valence-electron chi connectivity index (χ2n) is 3.28. The van der Waals surface area contributed by atoms with Gasteiger partial charge in [-0.05, 0) is 32.5 Å². The number of hydrogen-bond donors (Lipinski definition) is 1. The summed E-state index contributed by atoms with van der Waals surface area (Å²) in [5.74, 6) is 0. The molecule has 78 valence electrons. The minimum absolute atomic E-state index is 0.447. The van der Waals surface area contributed by atoms with E-state index in [4.69, 9.17) is 17.0 Å². The normalized spacial score (nSPS) is 10.2. The Morgan fingerprint density at radius 2 is 2.15 bits per heavy atom. The van der Waals surface area contributed by atoms with Gasteiger partial charge < -0.3 is 15.0 Å². The number of nitrogens with one attached hydrogen (secondary N) is 1. The topological polar surface area (TPSA) is 24.5 Å². The first-order valence-electron chi connectivity index (χ1n) is 4.59. The summed E-state index contributed by atoms with van der Waals surface area (Å²) < 4.78 is 4.93. The van der Waals surface area contributed by atoms with Gasteiger partial charge in [0, 0.05) is 33.4 Å². The number of rotatable bonds is 5. The largest absolute Gasteiger partial charge is 0.385 e. The quantitative estimate of drug-likeness (QED) is 0.538. The van der Waals surface area contributed by atoms with Crippen LogP contribution >= 0.6 is 12.2 Å². The highest BCUT2D eigenvalue weighted by Crippen LogP contribution is 1.93. The summed E-state index contributed by atoms with van der Waals surface area (Å²) >= 11 is 5.18. The van der Waals surface area contributed by atoms with Crippen molar-refractivity contribution in [3.8, 4) is 0 Å². The van der Waals surface area contributed by atoms with Crippen molar-refractivity contribution in [2.75, 3.05) is 27.3 Å². The van der Waals surface area contributed by atoms with Gasteiger partial charge in [0.15, 0.2) is 5.11 Å². The van der Waals surface area contributed by atoms with Gasteiger partial charge >= 0.3 is 0 Å². The van der Waals surface area contributed by atoms with Crippen molar-refractivity contribution < 1.29 is 4.74 Å². The van der Waals surface area contributed by atoms with E-state index >= 15 is 0 Å². The van der Waals surface area contributed by atoms with Gasteiger partial charge in [0.05, 0.1) is 0 Å². The van der Waals surface area contributed by atoms with Gasteiger partial charge in [0.25, 0.3) is 0 Å². The molecule has 0 amide bonds. The van der Waals surface area contributed by atoms with Crippen molar-refractivity contribution in [1.82, 2.24) is 10.2 Å². The number of nitrogens with zero attached hydrogens (tertiary/aromatic N) is 1. The van der Waals surface area contributed by atoms with Gasteiger partial charge in [0.1, 0.15) is 0 Å². The Morgan fingerprint density at radius 3 is 2.62 bits per heavy atom. The molecule has 4 heteroatoms. The molecule has 13 heavy (non-hydrogen) atoms. The van der Waals surface area contributed by atoms with E-state index in [0.717, 1.165) is 24.7 Å². The summed E-state index contributed by atoms with van der Waals surface area (Å²) in [7, 11) is 3.70. The molecule has 0 aromatic heterocycles. The van der Waals surface area contributed by atoms with E-state index in [0.29, 0.717) is 6.04 Å². The molecule has 0 saturated carbocycles. The summed E-state index contributed by atoms with van der Waals surface area (Å²) in [6, 6.07) is 0.447. The first kappa shape index (κ1) is 12.7. The summed E-state index contributed by atoms with van der Waals surface area (Å²) in [5, 5.41) is 3.99. The summed E-state index contributed by atoms with van der Waals surface area (Å²) in [4.78, 5) is 2.04. The van der Waals surface area contributed by atoms with Gasteiger partial charge in [-0.25, -0.2) is 0 Å². The number of hydrogen-bond acceptors (Lipinski definition) is 2. The van der Waals surface area contributed by atoms with Crippen LogP contribution < -0.4 is 5.32 Å². The lowest BCUT2D eigenvalue weighted by Crippen LogP contribution is -2.41. The van der Waals surface area contributed by atoms with Gasteiger partial charge in [-0.2, -0.15) is 0 Å². The second-order valence-corrected chi connectivity index (χ2v) is 3.67. The fraction of sp³-hybridized carbons (Fsp3) is 0.889. The number of methoxy groups -OCH3 is 1. The molecule has 0 aliphatic rings. The van der Waals surface area contributed by atoms with E-state index in [2.05, 4.69) is 19.2 Å².